The van der Waals surface area contributed by atoms with Gasteiger partial charge in [-0.25, -0.2) is 4.57 Å². The van der Waals surface area contributed by atoms with Crippen molar-refractivity contribution in [3.05, 3.63) is 54.9 Å². The van der Waals surface area contributed by atoms with Gasteiger partial charge in [0.1, 0.15) is 0 Å². The normalized spacial score (nSPS) is 19.3. The second-order valence-corrected chi connectivity index (χ2v) is 9.94. The Morgan fingerprint density at radius 1 is 1.09 bits per heavy atom. The minimum absolute atomic E-state index is 0.690. The number of aromatic nitrogens is 1. The summed E-state index contributed by atoms with van der Waals surface area (Å²) in [5.74, 6) is 0. The van der Waals surface area contributed by atoms with E-state index in [2.05, 4.69) is 0 Å². The van der Waals surface area contributed by atoms with Crippen LogP contribution in [0.4, 0.5) is 0 Å². The van der Waals surface area contributed by atoms with Gasteiger partial charge in [-0.1, -0.05) is 30.3 Å². The fraction of sp³-hybridized carbons (Fsp3) is 0.214. The summed E-state index contributed by atoms with van der Waals surface area (Å²) in [6, 6.07) is 12.6. The average molecular weight is 357 g/mol. The first-order chi connectivity index (χ1) is 10.5. The molecule has 0 saturated carbocycles. The Balaban J connectivity index is 2.44. The van der Waals surface area contributed by atoms with Gasteiger partial charge in [-0.05, 0) is 11.6 Å². The van der Waals surface area contributed by atoms with Crippen LogP contribution in [-0.4, -0.2) is 26.6 Å². The molecule has 124 valence electrons. The first-order valence-electron chi connectivity index (χ1n) is 6.66. The monoisotopic (exact) mass is 357 g/mol. The zero-order valence-corrected chi connectivity index (χ0v) is 14.1. The quantitative estimate of drug-likeness (QED) is 0.536. The van der Waals surface area contributed by atoms with Crippen molar-refractivity contribution >= 4 is 15.0 Å². The van der Waals surface area contributed by atoms with Crippen molar-refractivity contribution in [3.63, 3.8) is 0 Å². The highest BCUT2D eigenvalue weighted by Gasteiger charge is 2.54. The summed E-state index contributed by atoms with van der Waals surface area (Å²) >= 11 is 0. The van der Waals surface area contributed by atoms with Crippen LogP contribution in [0.3, 0.4) is 0 Å². The summed E-state index contributed by atoms with van der Waals surface area (Å²) in [6.45, 7) is -0.0788. The molecule has 3 atom stereocenters. The van der Waals surface area contributed by atoms with Gasteiger partial charge in [0.25, 0.3) is 5.08 Å². The molecule has 0 aliphatic rings. The van der Waals surface area contributed by atoms with Gasteiger partial charge >= 0.3 is 0 Å². The van der Waals surface area contributed by atoms with Crippen molar-refractivity contribution in [1.82, 2.24) is 0 Å². The molecule has 0 spiro atoms. The molecule has 0 amide bonds. The Hall–Kier alpha value is -1.33. The molecule has 0 aliphatic carbocycles. The van der Waals surface area contributed by atoms with Crippen LogP contribution in [0.25, 0.3) is 11.1 Å². The molecule has 0 aliphatic heterocycles. The highest BCUT2D eigenvalue weighted by molar-refractivity contribution is 7.74. The van der Waals surface area contributed by atoms with Crippen LogP contribution in [-0.2, 0) is 15.7 Å². The van der Waals surface area contributed by atoms with Gasteiger partial charge in [0.15, 0.2) is 26.5 Å². The van der Waals surface area contributed by atoms with Gasteiger partial charge in [-0.2, -0.15) is 0 Å². The Morgan fingerprint density at radius 2 is 1.65 bits per heavy atom. The highest BCUT2D eigenvalue weighted by atomic mass is 31.2. The molecule has 0 fully saturated rings. The Morgan fingerprint density at radius 3 is 2.17 bits per heavy atom. The van der Waals surface area contributed by atoms with Crippen LogP contribution in [0.5, 0.6) is 0 Å². The molecule has 1 aromatic heterocycles. The summed E-state index contributed by atoms with van der Waals surface area (Å²) in [5.41, 5.74) is 1.57. The van der Waals surface area contributed by atoms with Gasteiger partial charge in [-0.15, -0.1) is 0 Å². The van der Waals surface area contributed by atoms with Gasteiger partial charge in [0.05, 0.1) is 0 Å². The van der Waals surface area contributed by atoms with E-state index >= 15 is 0 Å². The molecule has 0 radical (unpaired) electrons. The SMILES string of the molecule is CP(=O)(O)C(O)(C[n+]1cccc(-c2ccccc2)c1)P(=O)([O-])O. The number of hydrogen-bond donors (Lipinski definition) is 3. The number of benzene rings is 1. The van der Waals surface area contributed by atoms with Crippen LogP contribution in [0.1, 0.15) is 0 Å². The Bertz CT molecular complexity index is 761. The molecule has 0 saturated heterocycles. The standard InChI is InChI=1S/C14H17NO6P2/c1-22(17,18)14(16,23(19,20)21)11-15-9-5-8-13(10-15)12-6-3-2-4-7-12/h2-10,16H,11H2,1H3,(H2-,17,18,19,20,21). The van der Waals surface area contributed by atoms with Crippen molar-refractivity contribution < 1.29 is 33.5 Å². The maximum atomic E-state index is 11.8. The lowest BCUT2D eigenvalue weighted by Crippen LogP contribution is -2.49. The molecular weight excluding hydrogens is 340 g/mol. The van der Waals surface area contributed by atoms with E-state index in [-0.39, 0.29) is 0 Å². The fourth-order valence-electron chi connectivity index (χ4n) is 2.12. The lowest BCUT2D eigenvalue weighted by Gasteiger charge is -2.35. The van der Waals surface area contributed by atoms with Crippen molar-refractivity contribution in [2.75, 3.05) is 6.66 Å². The molecule has 0 bridgehead atoms. The summed E-state index contributed by atoms with van der Waals surface area (Å²) < 4.78 is 24.5. The van der Waals surface area contributed by atoms with E-state index in [0.717, 1.165) is 11.1 Å². The molecule has 7 nitrogen and oxygen atoms in total. The Labute approximate surface area is 133 Å². The van der Waals surface area contributed by atoms with E-state index in [1.165, 1.54) is 17.0 Å². The van der Waals surface area contributed by atoms with Gasteiger partial charge < -0.3 is 24.4 Å². The minimum Gasteiger partial charge on any atom is -0.776 e. The van der Waals surface area contributed by atoms with Gasteiger partial charge in [0, 0.05) is 18.3 Å². The van der Waals surface area contributed by atoms with E-state index in [0.29, 0.717) is 6.66 Å². The van der Waals surface area contributed by atoms with E-state index in [1.807, 2.05) is 30.3 Å². The number of pyridine rings is 1. The summed E-state index contributed by atoms with van der Waals surface area (Å²) in [7, 11) is -10.0. The largest absolute Gasteiger partial charge is 0.776 e. The molecule has 2 aromatic rings. The molecule has 2 rings (SSSR count). The smallest absolute Gasteiger partial charge is 0.263 e. The van der Waals surface area contributed by atoms with Crippen LogP contribution < -0.4 is 9.46 Å². The summed E-state index contributed by atoms with van der Waals surface area (Å²) in [5, 5.41) is 6.99. The van der Waals surface area contributed by atoms with Crippen molar-refractivity contribution in [2.45, 2.75) is 11.6 Å². The van der Waals surface area contributed by atoms with Crippen molar-refractivity contribution in [3.8, 4) is 11.1 Å². The first-order valence-corrected chi connectivity index (χ1v) is 10.3. The third-order valence-corrected chi connectivity index (χ3v) is 7.87. The topological polar surface area (TPSA) is 122 Å². The molecule has 9 heteroatoms. The molecule has 1 heterocycles. The van der Waals surface area contributed by atoms with Crippen LogP contribution in [0, 0.1) is 0 Å². The maximum absolute atomic E-state index is 11.8. The molecule has 1 aromatic carbocycles. The molecular formula is C14H17NO6P2. The average Bonchev–Trinajstić information content (AvgIpc) is 2.46. The third-order valence-electron chi connectivity index (χ3n) is 3.48. The molecule has 23 heavy (non-hydrogen) atoms. The maximum Gasteiger partial charge on any atom is 0.263 e. The Kier molecular flexibility index (Phi) is 4.92. The number of hydrogen-bond acceptors (Lipinski definition) is 4. The van der Waals surface area contributed by atoms with Crippen LogP contribution in [0.15, 0.2) is 54.9 Å². The van der Waals surface area contributed by atoms with Crippen molar-refractivity contribution in [1.29, 1.82) is 0 Å². The summed E-state index contributed by atoms with van der Waals surface area (Å²) in [4.78, 5) is 30.3. The lowest BCUT2D eigenvalue weighted by atomic mass is 10.1. The second kappa shape index (κ2) is 6.29. The number of nitrogens with zero attached hydrogens (tertiary/aromatic N) is 1. The highest BCUT2D eigenvalue weighted by Crippen LogP contribution is 2.65. The van der Waals surface area contributed by atoms with E-state index < -0.39 is 26.6 Å². The van der Waals surface area contributed by atoms with E-state index in [1.54, 1.807) is 12.1 Å². The number of aliphatic hydroxyl groups is 1. The lowest BCUT2D eigenvalue weighted by molar-refractivity contribution is -0.703. The van der Waals surface area contributed by atoms with Crippen LogP contribution in [0.2, 0.25) is 0 Å². The summed E-state index contributed by atoms with van der Waals surface area (Å²) in [6.07, 6.45) is 2.95. The second-order valence-electron chi connectivity index (χ2n) is 5.30. The van der Waals surface area contributed by atoms with Crippen LogP contribution >= 0.6 is 15.0 Å². The number of rotatable bonds is 5. The third kappa shape index (κ3) is 3.78. The minimum atomic E-state index is -5.49. The zero-order chi connectivity index (χ0) is 17.3. The molecule has 3 N–H and O–H groups in total. The predicted molar refractivity (Wildman–Crippen MR) is 82.6 cm³/mol. The molecule has 3 unspecified atom stereocenters. The van der Waals surface area contributed by atoms with E-state index in [9.17, 15) is 28.9 Å². The van der Waals surface area contributed by atoms with Gasteiger partial charge in [-0.3, -0.25) is 4.57 Å². The zero-order valence-electron chi connectivity index (χ0n) is 12.3. The van der Waals surface area contributed by atoms with Gasteiger partial charge in [0.2, 0.25) is 7.37 Å². The predicted octanol–water partition coefficient (Wildman–Crippen LogP) is 0.733. The van der Waals surface area contributed by atoms with Crippen molar-refractivity contribution in [2.24, 2.45) is 0 Å². The first kappa shape index (κ1) is 18.0. The van der Waals surface area contributed by atoms with E-state index in [4.69, 9.17) is 0 Å². The fourth-order valence-corrected chi connectivity index (χ4v) is 4.77.